The maximum atomic E-state index is 14.0. The Kier molecular flexibility index (Phi) is 12.7. The number of benzene rings is 1. The number of nitrogens with one attached hydrogen (secondary N) is 1. The van der Waals surface area contributed by atoms with Crippen molar-refractivity contribution < 1.29 is 52.7 Å². The molecule has 0 bridgehead atoms. The third-order valence-corrected chi connectivity index (χ3v) is 17.1. The van der Waals surface area contributed by atoms with E-state index in [1.165, 1.54) is 15.8 Å². The van der Waals surface area contributed by atoms with Crippen molar-refractivity contribution in [2.45, 2.75) is 96.6 Å². The molecule has 3 fully saturated rings. The van der Waals surface area contributed by atoms with Gasteiger partial charge in [0.05, 0.1) is 41.3 Å². The van der Waals surface area contributed by atoms with Crippen LogP contribution in [0.1, 0.15) is 94.5 Å². The zero-order chi connectivity index (χ0) is 54.7. The van der Waals surface area contributed by atoms with E-state index in [1.54, 1.807) is 54.8 Å². The van der Waals surface area contributed by atoms with E-state index in [4.69, 9.17) is 19.5 Å². The van der Waals surface area contributed by atoms with Gasteiger partial charge in [-0.05, 0) is 98.0 Å². The number of phosphoric ester groups is 1. The number of piperazine rings is 1. The van der Waals surface area contributed by atoms with Crippen LogP contribution in [0.3, 0.4) is 0 Å². The normalized spacial score (nSPS) is 23.1. The van der Waals surface area contributed by atoms with Gasteiger partial charge in [0.2, 0.25) is 5.91 Å². The van der Waals surface area contributed by atoms with Crippen LogP contribution in [-0.4, -0.2) is 148 Å². The minimum absolute atomic E-state index is 0.00614. The van der Waals surface area contributed by atoms with Gasteiger partial charge in [-0.3, -0.25) is 52.9 Å². The number of imide groups is 2. The summed E-state index contributed by atoms with van der Waals surface area (Å²) in [5.41, 5.74) is 6.80. The molecule has 408 valence electrons. The molecule has 4 aromatic heterocycles. The number of phosphoric acid groups is 1. The van der Waals surface area contributed by atoms with Crippen LogP contribution in [0.15, 0.2) is 65.8 Å². The Labute approximate surface area is 448 Å². The van der Waals surface area contributed by atoms with Gasteiger partial charge < -0.3 is 43.9 Å². The number of pyridine rings is 3. The predicted octanol–water partition coefficient (Wildman–Crippen LogP) is 3.79. The minimum atomic E-state index is -5.03. The first-order valence-electron chi connectivity index (χ1n) is 26.3. The molecule has 10 heterocycles. The van der Waals surface area contributed by atoms with Crippen molar-refractivity contribution in [2.24, 2.45) is 12.5 Å². The lowest BCUT2D eigenvalue weighted by atomic mass is 9.90. The van der Waals surface area contributed by atoms with Crippen LogP contribution in [0.5, 0.6) is 5.75 Å². The van der Waals surface area contributed by atoms with Gasteiger partial charge in [-0.25, -0.2) is 14.5 Å². The van der Waals surface area contributed by atoms with Crippen LogP contribution < -0.4 is 30.3 Å². The number of carbonyl (C=O) groups is 5. The molecule has 5 amide bonds. The number of aryl methyl sites for hydroxylation is 1. The van der Waals surface area contributed by atoms with Crippen LogP contribution in [0.4, 0.5) is 28.7 Å². The number of piperidine rings is 2. The van der Waals surface area contributed by atoms with Crippen molar-refractivity contribution >= 4 is 66.1 Å². The molecule has 0 spiro atoms. The molecule has 5 aromatic rings. The number of ether oxygens (including phenoxy) is 1. The van der Waals surface area contributed by atoms with Crippen LogP contribution in [0.2, 0.25) is 0 Å². The number of rotatable bonds is 11. The van der Waals surface area contributed by atoms with Gasteiger partial charge in [-0.1, -0.05) is 13.8 Å². The van der Waals surface area contributed by atoms with E-state index < -0.39 is 44.2 Å². The highest BCUT2D eigenvalue weighted by atomic mass is 31.2. The van der Waals surface area contributed by atoms with Crippen molar-refractivity contribution in [2.75, 3.05) is 66.1 Å². The number of likely N-dealkylation sites (tertiary alicyclic amines) is 1. The van der Waals surface area contributed by atoms with Crippen molar-refractivity contribution in [3.63, 3.8) is 0 Å². The van der Waals surface area contributed by atoms with Gasteiger partial charge >= 0.3 is 7.82 Å². The fourth-order valence-electron chi connectivity index (χ4n) is 13.0. The van der Waals surface area contributed by atoms with E-state index >= 15 is 0 Å². The Morgan fingerprint density at radius 1 is 0.885 bits per heavy atom. The van der Waals surface area contributed by atoms with Crippen LogP contribution in [0.25, 0.3) is 11.1 Å². The molecule has 7 aliphatic rings. The topological polar surface area (TPSA) is 266 Å². The summed E-state index contributed by atoms with van der Waals surface area (Å²) in [5, 5.41) is 14.1. The molecule has 6 aliphatic heterocycles. The van der Waals surface area contributed by atoms with Crippen molar-refractivity contribution in [3.05, 3.63) is 105 Å². The molecule has 23 nitrogen and oxygen atoms in total. The SMILES string of the molecule is C[C@H]1CN([C@H]2CCN3c4ccc5c(c4OC[C@H]3C2)C(=O)N([C@H]2CCC(=O)N(COP(=O)(O)O)C2=O)C5=O)CCN1c1ccc(Nc2cc(-c3ccnc(N4CCn5c(cc6c5CC(C)(C)C6)C4=O)c3CO)cn(C)c2=O)nc1. The van der Waals surface area contributed by atoms with Crippen LogP contribution >= 0.6 is 7.82 Å². The lowest BCUT2D eigenvalue weighted by Crippen LogP contribution is -2.59. The fourth-order valence-corrected chi connectivity index (χ4v) is 13.2. The first kappa shape index (κ1) is 51.5. The summed E-state index contributed by atoms with van der Waals surface area (Å²) in [7, 11) is -3.36. The minimum Gasteiger partial charge on any atom is -0.488 e. The molecule has 4 atom stereocenters. The number of amides is 5. The largest absolute Gasteiger partial charge is 0.488 e. The second-order valence-corrected chi connectivity index (χ2v) is 23.4. The van der Waals surface area contributed by atoms with Crippen molar-refractivity contribution in [1.29, 1.82) is 0 Å². The third-order valence-electron chi connectivity index (χ3n) is 16.7. The maximum absolute atomic E-state index is 14.0. The number of anilines is 5. The second-order valence-electron chi connectivity index (χ2n) is 22.2. The van der Waals surface area contributed by atoms with Crippen molar-refractivity contribution in [1.82, 2.24) is 33.8 Å². The van der Waals surface area contributed by atoms with Crippen molar-refractivity contribution in [3.8, 4) is 16.9 Å². The summed E-state index contributed by atoms with van der Waals surface area (Å²) in [6.07, 6.45) is 8.25. The Morgan fingerprint density at radius 3 is 2.46 bits per heavy atom. The predicted molar refractivity (Wildman–Crippen MR) is 283 cm³/mol. The van der Waals surface area contributed by atoms with E-state index in [0.29, 0.717) is 64.2 Å². The fraction of sp³-hybridized carbons (Fsp3) is 0.444. The van der Waals surface area contributed by atoms with E-state index in [2.05, 4.69) is 54.9 Å². The average molecular weight is 1090 g/mol. The zero-order valence-corrected chi connectivity index (χ0v) is 44.5. The number of carbonyl (C=O) groups excluding carboxylic acids is 5. The molecule has 1 aromatic carbocycles. The van der Waals surface area contributed by atoms with Gasteiger partial charge in [0.1, 0.15) is 42.4 Å². The van der Waals surface area contributed by atoms with Gasteiger partial charge in [-0.15, -0.1) is 0 Å². The summed E-state index contributed by atoms with van der Waals surface area (Å²) in [5.74, 6) is -2.18. The molecule has 1 aliphatic carbocycles. The number of hydrogen-bond acceptors (Lipinski definition) is 16. The molecule has 24 heteroatoms. The van der Waals surface area contributed by atoms with E-state index in [1.807, 2.05) is 18.2 Å². The molecular formula is C54H60N11O12P. The Morgan fingerprint density at radius 2 is 1.71 bits per heavy atom. The average Bonchev–Trinajstić information content (AvgIpc) is 4.10. The lowest BCUT2D eigenvalue weighted by Gasteiger charge is -2.50. The Hall–Kier alpha value is -7.27. The number of hydrogen-bond donors (Lipinski definition) is 4. The monoisotopic (exact) mass is 1090 g/mol. The van der Waals surface area contributed by atoms with Gasteiger partial charge in [0, 0.05) is 94.0 Å². The number of fused-ring (bicyclic) bond motifs is 8. The molecule has 0 unspecified atom stereocenters. The third kappa shape index (κ3) is 8.85. The quantitative estimate of drug-likeness (QED) is 0.108. The summed E-state index contributed by atoms with van der Waals surface area (Å²) in [6, 6.07) is 11.7. The van der Waals surface area contributed by atoms with Gasteiger partial charge in [0.25, 0.3) is 29.2 Å². The molecule has 4 N–H and O–H groups in total. The first-order valence-corrected chi connectivity index (χ1v) is 27.9. The highest BCUT2D eigenvalue weighted by Crippen LogP contribution is 2.46. The molecule has 0 radical (unpaired) electrons. The van der Waals surface area contributed by atoms with E-state index in [0.717, 1.165) is 55.9 Å². The number of aliphatic hydroxyl groups is 1. The maximum Gasteiger partial charge on any atom is 0.471 e. The number of aromatic nitrogens is 4. The van der Waals surface area contributed by atoms with E-state index in [-0.39, 0.29) is 83.6 Å². The molecular weight excluding hydrogens is 1030 g/mol. The standard InChI is InChI=1S/C54H60N11O12P/c1-30-25-59(33-12-14-61-35(21-33)28-76-47-40(61)7-6-37-46(47)53(72)65(49(37)68)41-8-10-45(67)64(51(41)70)29-77-78(73,74)75)15-16-60(30)34-5-9-44(56-24-34)57-39-19-32(26-58(4)50(39)69)36-11-13-55-48(38(36)27-66)63-18-17-62-42(52(63)71)20-31-22-54(2,3)23-43(31)62/h5-7,9,11,13,19-20,24,26,30,33,35,41,66H,8,10,12,14-18,21-23,25,27-29H2,1-4H3,(H,56,57)(H2,73,74,75)/t30-,33-,35+,41-/m0/s1. The van der Waals surface area contributed by atoms with E-state index in [9.17, 15) is 38.4 Å². The summed E-state index contributed by atoms with van der Waals surface area (Å²) in [4.78, 5) is 119. The van der Waals surface area contributed by atoms with Crippen LogP contribution in [-0.2, 0) is 51.7 Å². The van der Waals surface area contributed by atoms with Gasteiger partial charge in [0.15, 0.2) is 5.75 Å². The number of aliphatic hydroxyl groups excluding tert-OH is 1. The Balaban J connectivity index is 0.682. The summed E-state index contributed by atoms with van der Waals surface area (Å²) >= 11 is 0. The highest BCUT2D eigenvalue weighted by Gasteiger charge is 2.50. The summed E-state index contributed by atoms with van der Waals surface area (Å²) < 4.78 is 25.7. The number of nitrogens with zero attached hydrogens (tertiary/aromatic N) is 10. The first-order chi connectivity index (χ1) is 37.3. The zero-order valence-electron chi connectivity index (χ0n) is 43.6. The lowest BCUT2D eigenvalue weighted by molar-refractivity contribution is -0.155. The smallest absolute Gasteiger partial charge is 0.471 e. The van der Waals surface area contributed by atoms with Crippen LogP contribution in [0, 0.1) is 5.41 Å². The summed E-state index contributed by atoms with van der Waals surface area (Å²) in [6.45, 7) is 9.65. The second kappa shape index (κ2) is 19.3. The molecule has 0 saturated carbocycles. The molecule has 78 heavy (non-hydrogen) atoms. The highest BCUT2D eigenvalue weighted by molar-refractivity contribution is 7.46. The molecule has 12 rings (SSSR count). The Bertz CT molecular complexity index is 3470. The van der Waals surface area contributed by atoms with Gasteiger partial charge in [-0.2, -0.15) is 0 Å². The molecule has 3 saturated heterocycles.